The molecule has 0 fully saturated rings. The van der Waals surface area contributed by atoms with Crippen molar-refractivity contribution in [3.8, 4) is 0 Å². The van der Waals surface area contributed by atoms with Crippen molar-refractivity contribution in [2.45, 2.75) is 54.2 Å². The summed E-state index contributed by atoms with van der Waals surface area (Å²) < 4.78 is 0. The van der Waals surface area contributed by atoms with E-state index in [4.69, 9.17) is 0 Å². The van der Waals surface area contributed by atoms with Crippen LogP contribution in [-0.2, 0) is 0 Å². The van der Waals surface area contributed by atoms with Gasteiger partial charge in [0.25, 0.3) is 0 Å². The maximum atomic E-state index is 3.86. The van der Waals surface area contributed by atoms with Gasteiger partial charge in [-0.25, -0.2) is 0 Å². The molecular weight excluding hydrogens is 191 g/mol. The highest BCUT2D eigenvalue weighted by atomic mass is 14.1. The average Bonchev–Trinajstić information content (AvgIpc) is 2.27. The summed E-state index contributed by atoms with van der Waals surface area (Å²) >= 11 is 0. The fourth-order valence-corrected chi connectivity index (χ4v) is 1.71. The summed E-state index contributed by atoms with van der Waals surface area (Å²) in [5.41, 5.74) is 5.74. The van der Waals surface area contributed by atoms with Gasteiger partial charge in [-0.15, -0.1) is 0 Å². The standard InChI is InChI=1S/C15H26B/c1-8-12(4)14(6)15(9-10-16-7)13(5)11(2)3/h8,11H,1,9-10H2,2-7H3/b14-12-,15-13+. The van der Waals surface area contributed by atoms with Gasteiger partial charge >= 0.3 is 0 Å². The first-order valence-corrected chi connectivity index (χ1v) is 6.23. The number of hydrogen-bond donors (Lipinski definition) is 0. The van der Waals surface area contributed by atoms with Crippen LogP contribution in [0.15, 0.2) is 34.9 Å². The summed E-state index contributed by atoms with van der Waals surface area (Å²) in [4.78, 5) is 0. The zero-order valence-electron chi connectivity index (χ0n) is 11.9. The molecule has 0 nitrogen and oxygen atoms in total. The minimum Gasteiger partial charge on any atom is -0.0988 e. The SMILES string of the molecule is C=C/C(C)=C(C)\C(CC[B]C)=C(/C)C(C)C. The van der Waals surface area contributed by atoms with Crippen LogP contribution in [0.1, 0.15) is 41.0 Å². The molecule has 0 aliphatic rings. The molecule has 0 aliphatic carbocycles. The Morgan fingerprint density at radius 3 is 2.19 bits per heavy atom. The molecule has 0 heterocycles. The Hall–Kier alpha value is -0.715. The molecule has 0 rings (SSSR count). The molecule has 0 saturated heterocycles. The van der Waals surface area contributed by atoms with Gasteiger partial charge in [-0.2, -0.15) is 0 Å². The molecule has 0 amide bonds. The monoisotopic (exact) mass is 217 g/mol. The van der Waals surface area contributed by atoms with Crippen LogP contribution in [0.3, 0.4) is 0 Å². The molecule has 0 bridgehead atoms. The molecule has 89 valence electrons. The third-order valence-electron chi connectivity index (χ3n) is 3.38. The lowest BCUT2D eigenvalue weighted by Crippen LogP contribution is -2.00. The fraction of sp³-hybridized carbons (Fsp3) is 0.600. The number of hydrogen-bond acceptors (Lipinski definition) is 0. The van der Waals surface area contributed by atoms with Crippen molar-refractivity contribution >= 4 is 7.28 Å². The maximum absolute atomic E-state index is 3.86. The van der Waals surface area contributed by atoms with Gasteiger partial charge in [0.1, 0.15) is 7.28 Å². The van der Waals surface area contributed by atoms with Crippen molar-refractivity contribution in [3.05, 3.63) is 34.9 Å². The molecule has 16 heavy (non-hydrogen) atoms. The van der Waals surface area contributed by atoms with Gasteiger partial charge in [-0.05, 0) is 49.8 Å². The second-order valence-electron chi connectivity index (χ2n) is 4.78. The highest BCUT2D eigenvalue weighted by Crippen LogP contribution is 2.27. The second kappa shape index (κ2) is 7.54. The lowest BCUT2D eigenvalue weighted by molar-refractivity contribution is 0.749. The normalized spacial score (nSPS) is 14.4. The van der Waals surface area contributed by atoms with Crippen LogP contribution in [0.5, 0.6) is 0 Å². The van der Waals surface area contributed by atoms with E-state index < -0.39 is 0 Å². The molecule has 0 aliphatic heterocycles. The van der Waals surface area contributed by atoms with Crippen LogP contribution in [0.2, 0.25) is 13.1 Å². The van der Waals surface area contributed by atoms with Gasteiger partial charge in [0.15, 0.2) is 0 Å². The number of allylic oxidation sites excluding steroid dienone is 5. The molecule has 0 atom stereocenters. The van der Waals surface area contributed by atoms with E-state index >= 15 is 0 Å². The van der Waals surface area contributed by atoms with Gasteiger partial charge in [0.2, 0.25) is 0 Å². The molecule has 1 heteroatoms. The van der Waals surface area contributed by atoms with E-state index in [0.717, 1.165) is 12.7 Å². The van der Waals surface area contributed by atoms with E-state index in [-0.39, 0.29) is 0 Å². The molecule has 0 N–H and O–H groups in total. The predicted octanol–water partition coefficient (Wildman–Crippen LogP) is 5.04. The maximum Gasteiger partial charge on any atom is 0.106 e. The highest BCUT2D eigenvalue weighted by Gasteiger charge is 2.09. The Balaban J connectivity index is 5.25. The van der Waals surface area contributed by atoms with Gasteiger partial charge in [0, 0.05) is 0 Å². The summed E-state index contributed by atoms with van der Waals surface area (Å²) in [6, 6.07) is 0. The van der Waals surface area contributed by atoms with E-state index in [1.807, 2.05) is 6.08 Å². The molecule has 0 aromatic heterocycles. The van der Waals surface area contributed by atoms with Crippen molar-refractivity contribution in [2.75, 3.05) is 0 Å². The first-order chi connectivity index (χ1) is 7.45. The highest BCUT2D eigenvalue weighted by molar-refractivity contribution is 6.33. The Morgan fingerprint density at radius 1 is 1.25 bits per heavy atom. The zero-order chi connectivity index (χ0) is 12.7. The zero-order valence-corrected chi connectivity index (χ0v) is 11.9. The quantitative estimate of drug-likeness (QED) is 0.431. The van der Waals surface area contributed by atoms with Crippen molar-refractivity contribution in [3.63, 3.8) is 0 Å². The van der Waals surface area contributed by atoms with E-state index in [1.165, 1.54) is 22.3 Å². The van der Waals surface area contributed by atoms with E-state index in [0.29, 0.717) is 5.92 Å². The smallest absolute Gasteiger partial charge is 0.0988 e. The first-order valence-electron chi connectivity index (χ1n) is 6.23. The Labute approximate surface area is 103 Å². The number of rotatable bonds is 6. The summed E-state index contributed by atoms with van der Waals surface area (Å²) in [6.45, 7) is 17.1. The summed E-state index contributed by atoms with van der Waals surface area (Å²) in [7, 11) is 2.24. The van der Waals surface area contributed by atoms with Crippen LogP contribution in [-0.4, -0.2) is 7.28 Å². The first kappa shape index (κ1) is 15.3. The van der Waals surface area contributed by atoms with Crippen LogP contribution >= 0.6 is 0 Å². The third-order valence-corrected chi connectivity index (χ3v) is 3.38. The summed E-state index contributed by atoms with van der Waals surface area (Å²) in [5.74, 6) is 0.624. The van der Waals surface area contributed by atoms with Gasteiger partial charge < -0.3 is 0 Å². The van der Waals surface area contributed by atoms with E-state index in [9.17, 15) is 0 Å². The minimum absolute atomic E-state index is 0.624. The van der Waals surface area contributed by atoms with Gasteiger partial charge in [-0.3, -0.25) is 0 Å². The summed E-state index contributed by atoms with van der Waals surface area (Å²) in [5, 5.41) is 0. The summed E-state index contributed by atoms with van der Waals surface area (Å²) in [6.07, 6.45) is 4.26. The lowest BCUT2D eigenvalue weighted by atomic mass is 9.74. The van der Waals surface area contributed by atoms with Crippen LogP contribution in [0, 0.1) is 5.92 Å². The lowest BCUT2D eigenvalue weighted by Gasteiger charge is -2.17. The van der Waals surface area contributed by atoms with E-state index in [2.05, 4.69) is 55.3 Å². The molecule has 1 radical (unpaired) electrons. The molecule has 0 aromatic rings. The van der Waals surface area contributed by atoms with Crippen molar-refractivity contribution in [1.29, 1.82) is 0 Å². The Bertz CT molecular complexity index is 293. The fourth-order valence-electron chi connectivity index (χ4n) is 1.71. The Morgan fingerprint density at radius 2 is 1.81 bits per heavy atom. The largest absolute Gasteiger partial charge is 0.106 e. The molecule has 0 spiro atoms. The van der Waals surface area contributed by atoms with Crippen molar-refractivity contribution < 1.29 is 0 Å². The molecular formula is C15H26B. The molecule has 0 saturated carbocycles. The van der Waals surface area contributed by atoms with Crippen LogP contribution < -0.4 is 0 Å². The predicted molar refractivity (Wildman–Crippen MR) is 77.2 cm³/mol. The van der Waals surface area contributed by atoms with Gasteiger partial charge in [0.05, 0.1) is 0 Å². The van der Waals surface area contributed by atoms with Crippen LogP contribution in [0.25, 0.3) is 0 Å². The van der Waals surface area contributed by atoms with Gasteiger partial charge in [-0.1, -0.05) is 45.2 Å². The minimum atomic E-state index is 0.624. The third kappa shape index (κ3) is 4.43. The molecule has 0 unspecified atom stereocenters. The second-order valence-corrected chi connectivity index (χ2v) is 4.78. The average molecular weight is 217 g/mol. The van der Waals surface area contributed by atoms with Crippen molar-refractivity contribution in [1.82, 2.24) is 0 Å². The Kier molecular flexibility index (Phi) is 7.20. The molecule has 0 aromatic carbocycles. The van der Waals surface area contributed by atoms with E-state index in [1.54, 1.807) is 0 Å². The topological polar surface area (TPSA) is 0 Å². The van der Waals surface area contributed by atoms with Crippen LogP contribution in [0.4, 0.5) is 0 Å². The van der Waals surface area contributed by atoms with Crippen molar-refractivity contribution in [2.24, 2.45) is 5.92 Å².